The van der Waals surface area contributed by atoms with E-state index in [1.807, 2.05) is 19.1 Å². The Bertz CT molecular complexity index is 641. The molecular weight excluding hydrogens is 258 g/mol. The normalized spacial score (nSPS) is 11.2. The summed E-state index contributed by atoms with van der Waals surface area (Å²) in [5.41, 5.74) is 6.78. The maximum Gasteiger partial charge on any atom is 0.230 e. The van der Waals surface area contributed by atoms with Crippen molar-refractivity contribution in [3.8, 4) is 17.4 Å². The van der Waals surface area contributed by atoms with Crippen LogP contribution in [-0.2, 0) is 0 Å². The molecule has 0 saturated carbocycles. The minimum Gasteiger partial charge on any atom is -0.493 e. The van der Waals surface area contributed by atoms with Gasteiger partial charge >= 0.3 is 0 Å². The highest BCUT2D eigenvalue weighted by atomic mass is 16.5. The summed E-state index contributed by atoms with van der Waals surface area (Å²) in [6.07, 6.45) is 0. The fraction of sp³-hybridized carbons (Fsp3) is 0.143. The standard InChI is InChI=1S/C14H15N3O3/c1-9-7-8-10(13(15)17-18)14(16-9)20-12-6-4-3-5-11(12)19-2/h3-8,18H,1-2H3,(H2,15,17). The van der Waals surface area contributed by atoms with Crippen LogP contribution in [0.4, 0.5) is 0 Å². The number of hydrogen-bond acceptors (Lipinski definition) is 5. The molecule has 0 saturated heterocycles. The molecule has 2 rings (SSSR count). The zero-order valence-corrected chi connectivity index (χ0v) is 11.2. The number of benzene rings is 1. The average Bonchev–Trinajstić information content (AvgIpc) is 2.47. The van der Waals surface area contributed by atoms with Crippen LogP contribution in [0.5, 0.6) is 17.4 Å². The van der Waals surface area contributed by atoms with Gasteiger partial charge in [0.25, 0.3) is 0 Å². The van der Waals surface area contributed by atoms with Gasteiger partial charge in [0.15, 0.2) is 17.3 Å². The maximum atomic E-state index is 8.80. The number of para-hydroxylation sites is 2. The van der Waals surface area contributed by atoms with Gasteiger partial charge < -0.3 is 20.4 Å². The minimum atomic E-state index is -0.0672. The third-order valence-corrected chi connectivity index (χ3v) is 2.66. The van der Waals surface area contributed by atoms with Crippen LogP contribution in [0.1, 0.15) is 11.3 Å². The van der Waals surface area contributed by atoms with Crippen molar-refractivity contribution < 1.29 is 14.7 Å². The number of pyridine rings is 1. The number of aryl methyl sites for hydroxylation is 1. The molecule has 0 aliphatic carbocycles. The Labute approximate surface area is 116 Å². The lowest BCUT2D eigenvalue weighted by atomic mass is 10.2. The monoisotopic (exact) mass is 273 g/mol. The van der Waals surface area contributed by atoms with Crippen molar-refractivity contribution in [2.24, 2.45) is 10.9 Å². The highest BCUT2D eigenvalue weighted by Crippen LogP contribution is 2.31. The Morgan fingerprint density at radius 1 is 1.20 bits per heavy atom. The second kappa shape index (κ2) is 5.92. The molecule has 1 heterocycles. The van der Waals surface area contributed by atoms with Gasteiger partial charge in [0.1, 0.15) is 0 Å². The van der Waals surface area contributed by atoms with E-state index in [9.17, 15) is 0 Å². The summed E-state index contributed by atoms with van der Waals surface area (Å²) in [4.78, 5) is 4.26. The topological polar surface area (TPSA) is 90.0 Å². The number of rotatable bonds is 4. The van der Waals surface area contributed by atoms with Gasteiger partial charge in [0, 0.05) is 5.69 Å². The second-order valence-electron chi connectivity index (χ2n) is 4.04. The van der Waals surface area contributed by atoms with Gasteiger partial charge in [-0.1, -0.05) is 17.3 Å². The van der Waals surface area contributed by atoms with Crippen LogP contribution in [0.3, 0.4) is 0 Å². The molecule has 0 fully saturated rings. The van der Waals surface area contributed by atoms with E-state index < -0.39 is 0 Å². The van der Waals surface area contributed by atoms with Crippen LogP contribution in [-0.4, -0.2) is 23.1 Å². The lowest BCUT2D eigenvalue weighted by Gasteiger charge is -2.12. The molecule has 1 aromatic heterocycles. The zero-order valence-electron chi connectivity index (χ0n) is 11.2. The van der Waals surface area contributed by atoms with E-state index in [0.717, 1.165) is 5.69 Å². The molecule has 0 aliphatic rings. The summed E-state index contributed by atoms with van der Waals surface area (Å²) in [7, 11) is 1.55. The van der Waals surface area contributed by atoms with Crippen LogP contribution in [0.15, 0.2) is 41.6 Å². The van der Waals surface area contributed by atoms with Crippen molar-refractivity contribution in [1.29, 1.82) is 0 Å². The maximum absolute atomic E-state index is 8.80. The first-order chi connectivity index (χ1) is 9.65. The van der Waals surface area contributed by atoms with E-state index in [0.29, 0.717) is 17.1 Å². The predicted octanol–water partition coefficient (Wildman–Crippen LogP) is 2.29. The molecule has 0 atom stereocenters. The zero-order chi connectivity index (χ0) is 14.5. The second-order valence-corrected chi connectivity index (χ2v) is 4.04. The molecule has 0 radical (unpaired) electrons. The number of oxime groups is 1. The van der Waals surface area contributed by atoms with E-state index in [4.69, 9.17) is 20.4 Å². The van der Waals surface area contributed by atoms with Gasteiger partial charge in [-0.15, -0.1) is 0 Å². The number of nitrogens with two attached hydrogens (primary N) is 1. The summed E-state index contributed by atoms with van der Waals surface area (Å²) in [5, 5.41) is 11.8. The first-order valence-electron chi connectivity index (χ1n) is 5.92. The van der Waals surface area contributed by atoms with Gasteiger partial charge in [-0.2, -0.15) is 0 Å². The summed E-state index contributed by atoms with van der Waals surface area (Å²) < 4.78 is 10.9. The van der Waals surface area contributed by atoms with E-state index in [-0.39, 0.29) is 11.7 Å². The van der Waals surface area contributed by atoms with Crippen molar-refractivity contribution in [1.82, 2.24) is 4.98 Å². The molecule has 20 heavy (non-hydrogen) atoms. The number of methoxy groups -OCH3 is 1. The summed E-state index contributed by atoms with van der Waals surface area (Å²) in [5.74, 6) is 1.26. The Kier molecular flexibility index (Phi) is 4.05. The van der Waals surface area contributed by atoms with Crippen LogP contribution < -0.4 is 15.2 Å². The number of aromatic nitrogens is 1. The largest absolute Gasteiger partial charge is 0.493 e. The van der Waals surface area contributed by atoms with E-state index in [2.05, 4.69) is 10.1 Å². The fourth-order valence-corrected chi connectivity index (χ4v) is 1.67. The van der Waals surface area contributed by atoms with Crippen LogP contribution in [0.2, 0.25) is 0 Å². The molecule has 0 spiro atoms. The third kappa shape index (κ3) is 2.80. The first kappa shape index (κ1) is 13.7. The molecule has 2 aromatic rings. The first-order valence-corrected chi connectivity index (χ1v) is 5.92. The van der Waals surface area contributed by atoms with Crippen molar-refractivity contribution in [2.75, 3.05) is 7.11 Å². The van der Waals surface area contributed by atoms with Crippen molar-refractivity contribution in [3.63, 3.8) is 0 Å². The Morgan fingerprint density at radius 2 is 1.90 bits per heavy atom. The highest BCUT2D eigenvalue weighted by molar-refractivity contribution is 5.99. The number of amidine groups is 1. The minimum absolute atomic E-state index is 0.0672. The van der Waals surface area contributed by atoms with Gasteiger partial charge in [-0.05, 0) is 31.2 Å². The van der Waals surface area contributed by atoms with Crippen molar-refractivity contribution >= 4 is 5.84 Å². The molecule has 0 aliphatic heterocycles. The summed E-state index contributed by atoms with van der Waals surface area (Å²) >= 11 is 0. The lowest BCUT2D eigenvalue weighted by Crippen LogP contribution is -2.15. The molecule has 6 nitrogen and oxygen atoms in total. The fourth-order valence-electron chi connectivity index (χ4n) is 1.67. The van der Waals surface area contributed by atoms with Crippen molar-refractivity contribution in [3.05, 3.63) is 47.7 Å². The number of ether oxygens (including phenoxy) is 2. The van der Waals surface area contributed by atoms with E-state index in [1.165, 1.54) is 0 Å². The number of hydrogen-bond donors (Lipinski definition) is 2. The molecular formula is C14H15N3O3. The van der Waals surface area contributed by atoms with Gasteiger partial charge in [0.05, 0.1) is 12.7 Å². The van der Waals surface area contributed by atoms with Crippen LogP contribution >= 0.6 is 0 Å². The molecule has 0 amide bonds. The van der Waals surface area contributed by atoms with E-state index >= 15 is 0 Å². The molecule has 1 aromatic carbocycles. The van der Waals surface area contributed by atoms with Crippen LogP contribution in [0.25, 0.3) is 0 Å². The number of nitrogens with zero attached hydrogens (tertiary/aromatic N) is 2. The molecule has 104 valence electrons. The third-order valence-electron chi connectivity index (χ3n) is 2.66. The predicted molar refractivity (Wildman–Crippen MR) is 74.6 cm³/mol. The summed E-state index contributed by atoms with van der Waals surface area (Å²) in [6, 6.07) is 10.6. The van der Waals surface area contributed by atoms with Crippen LogP contribution in [0, 0.1) is 6.92 Å². The molecule has 0 unspecified atom stereocenters. The Hall–Kier alpha value is -2.76. The SMILES string of the molecule is COc1ccccc1Oc1nc(C)ccc1C(N)=NO. The van der Waals surface area contributed by atoms with Crippen molar-refractivity contribution in [2.45, 2.75) is 6.92 Å². The van der Waals surface area contributed by atoms with Gasteiger partial charge in [-0.25, -0.2) is 4.98 Å². The Balaban J connectivity index is 2.45. The van der Waals surface area contributed by atoms with Gasteiger partial charge in [0.2, 0.25) is 5.88 Å². The lowest BCUT2D eigenvalue weighted by molar-refractivity contribution is 0.318. The highest BCUT2D eigenvalue weighted by Gasteiger charge is 2.13. The summed E-state index contributed by atoms with van der Waals surface area (Å²) in [6.45, 7) is 1.82. The average molecular weight is 273 g/mol. The quantitative estimate of drug-likeness (QED) is 0.386. The molecule has 0 bridgehead atoms. The van der Waals surface area contributed by atoms with Gasteiger partial charge in [-0.3, -0.25) is 0 Å². The Morgan fingerprint density at radius 3 is 2.55 bits per heavy atom. The smallest absolute Gasteiger partial charge is 0.230 e. The van der Waals surface area contributed by atoms with E-state index in [1.54, 1.807) is 31.4 Å². The molecule has 3 N–H and O–H groups in total. The molecule has 6 heteroatoms.